The molecule has 0 saturated heterocycles. The molecule has 6 heteroatoms. The third kappa shape index (κ3) is 3.66. The van der Waals surface area contributed by atoms with Gasteiger partial charge in [0.25, 0.3) is 0 Å². The van der Waals surface area contributed by atoms with E-state index < -0.39 is 0 Å². The van der Waals surface area contributed by atoms with Gasteiger partial charge in [-0.1, -0.05) is 6.42 Å². The maximum Gasteiger partial charge on any atom is 0.241 e. The van der Waals surface area contributed by atoms with E-state index in [0.29, 0.717) is 17.0 Å². The highest BCUT2D eigenvalue weighted by molar-refractivity contribution is 7.99. The van der Waals surface area contributed by atoms with Crippen LogP contribution in [-0.4, -0.2) is 33.2 Å². The van der Waals surface area contributed by atoms with Gasteiger partial charge in [-0.25, -0.2) is 0 Å². The molecule has 0 radical (unpaired) electrons. The van der Waals surface area contributed by atoms with E-state index >= 15 is 0 Å². The Morgan fingerprint density at radius 3 is 3.17 bits per heavy atom. The predicted molar refractivity (Wildman–Crippen MR) is 74.3 cm³/mol. The van der Waals surface area contributed by atoms with Crippen LogP contribution in [0.2, 0.25) is 0 Å². The van der Waals surface area contributed by atoms with Crippen molar-refractivity contribution in [2.75, 3.05) is 12.0 Å². The van der Waals surface area contributed by atoms with Crippen LogP contribution in [0.4, 0.5) is 5.69 Å². The van der Waals surface area contributed by atoms with Gasteiger partial charge < -0.3 is 11.1 Å². The molecule has 1 saturated carbocycles. The minimum Gasteiger partial charge on any atom is -0.396 e. The average molecular weight is 268 g/mol. The van der Waals surface area contributed by atoms with Gasteiger partial charge in [0.2, 0.25) is 5.91 Å². The Hall–Kier alpha value is -1.17. The van der Waals surface area contributed by atoms with Crippen molar-refractivity contribution >= 4 is 23.4 Å². The molecule has 18 heavy (non-hydrogen) atoms. The van der Waals surface area contributed by atoms with Crippen LogP contribution in [0.5, 0.6) is 0 Å². The number of nitrogens with one attached hydrogen (secondary N) is 1. The van der Waals surface area contributed by atoms with Gasteiger partial charge in [-0.3, -0.25) is 9.48 Å². The van der Waals surface area contributed by atoms with Gasteiger partial charge in [0, 0.05) is 17.5 Å². The number of nitrogens with zero attached hydrogens (tertiary/aromatic N) is 2. The summed E-state index contributed by atoms with van der Waals surface area (Å²) in [5.74, 6) is 0.0184. The molecule has 0 spiro atoms. The number of rotatable bonds is 4. The number of aromatic nitrogens is 2. The standard InChI is InChI=1S/C12H20N4OS/c1-18-11-4-2-3-10(5-11)15-12(17)8-16-7-9(13)6-14-16/h6-7,10-11H,2-5,8,13H2,1H3,(H,15,17). The molecule has 1 amide bonds. The number of hydrogen-bond donors (Lipinski definition) is 2. The van der Waals surface area contributed by atoms with Crippen molar-refractivity contribution in [1.29, 1.82) is 0 Å². The first-order chi connectivity index (χ1) is 8.67. The van der Waals surface area contributed by atoms with E-state index in [1.54, 1.807) is 17.1 Å². The summed E-state index contributed by atoms with van der Waals surface area (Å²) in [4.78, 5) is 11.9. The zero-order valence-electron chi connectivity index (χ0n) is 10.6. The molecule has 1 heterocycles. The molecule has 2 rings (SSSR count). The van der Waals surface area contributed by atoms with E-state index in [4.69, 9.17) is 5.73 Å². The fourth-order valence-electron chi connectivity index (χ4n) is 2.38. The van der Waals surface area contributed by atoms with Crippen molar-refractivity contribution < 1.29 is 4.79 Å². The lowest BCUT2D eigenvalue weighted by molar-refractivity contribution is -0.122. The zero-order chi connectivity index (χ0) is 13.0. The van der Waals surface area contributed by atoms with Gasteiger partial charge in [0.1, 0.15) is 6.54 Å². The molecule has 1 aliphatic rings. The summed E-state index contributed by atoms with van der Waals surface area (Å²) in [5.41, 5.74) is 6.14. The fourth-order valence-corrected chi connectivity index (χ4v) is 3.20. The van der Waals surface area contributed by atoms with Crippen molar-refractivity contribution in [1.82, 2.24) is 15.1 Å². The first kappa shape index (κ1) is 13.3. The lowest BCUT2D eigenvalue weighted by atomic mass is 9.95. The molecular formula is C12H20N4OS. The van der Waals surface area contributed by atoms with E-state index in [9.17, 15) is 4.79 Å². The van der Waals surface area contributed by atoms with Gasteiger partial charge in [0.15, 0.2) is 0 Å². The zero-order valence-corrected chi connectivity index (χ0v) is 11.4. The monoisotopic (exact) mass is 268 g/mol. The summed E-state index contributed by atoms with van der Waals surface area (Å²) < 4.78 is 1.57. The van der Waals surface area contributed by atoms with Crippen LogP contribution in [0, 0.1) is 0 Å². The third-order valence-electron chi connectivity index (χ3n) is 3.28. The van der Waals surface area contributed by atoms with Crippen LogP contribution >= 0.6 is 11.8 Å². The van der Waals surface area contributed by atoms with Crippen LogP contribution in [0.15, 0.2) is 12.4 Å². The fraction of sp³-hybridized carbons (Fsp3) is 0.667. The lowest BCUT2D eigenvalue weighted by Gasteiger charge is -2.28. The minimum atomic E-state index is 0.0184. The second-order valence-electron chi connectivity index (χ2n) is 4.76. The number of thioether (sulfide) groups is 1. The molecular weight excluding hydrogens is 248 g/mol. The van der Waals surface area contributed by atoms with Gasteiger partial charge in [-0.2, -0.15) is 16.9 Å². The van der Waals surface area contributed by atoms with Gasteiger partial charge in [0.05, 0.1) is 11.9 Å². The second-order valence-corrected chi connectivity index (χ2v) is 5.90. The van der Waals surface area contributed by atoms with Crippen molar-refractivity contribution in [3.63, 3.8) is 0 Å². The van der Waals surface area contributed by atoms with E-state index in [0.717, 1.165) is 12.8 Å². The molecule has 3 N–H and O–H groups in total. The number of amides is 1. The number of nitrogen functional groups attached to an aromatic ring is 1. The molecule has 0 bridgehead atoms. The summed E-state index contributed by atoms with van der Waals surface area (Å²) in [6.07, 6.45) is 10.00. The topological polar surface area (TPSA) is 72.9 Å². The highest BCUT2D eigenvalue weighted by Crippen LogP contribution is 2.26. The van der Waals surface area contributed by atoms with Crippen LogP contribution in [0.1, 0.15) is 25.7 Å². The smallest absolute Gasteiger partial charge is 0.241 e. The molecule has 5 nitrogen and oxygen atoms in total. The Bertz CT molecular complexity index is 407. The van der Waals surface area contributed by atoms with E-state index in [-0.39, 0.29) is 12.5 Å². The van der Waals surface area contributed by atoms with Crippen LogP contribution in [0.25, 0.3) is 0 Å². The second kappa shape index (κ2) is 6.13. The highest BCUT2D eigenvalue weighted by atomic mass is 32.2. The van der Waals surface area contributed by atoms with E-state index in [1.807, 2.05) is 11.8 Å². The molecule has 0 aliphatic heterocycles. The van der Waals surface area contributed by atoms with Crippen molar-refractivity contribution in [3.05, 3.63) is 12.4 Å². The van der Waals surface area contributed by atoms with Crippen LogP contribution in [0.3, 0.4) is 0 Å². The minimum absolute atomic E-state index is 0.0184. The van der Waals surface area contributed by atoms with E-state index in [2.05, 4.69) is 16.7 Å². The Balaban J connectivity index is 1.80. The summed E-state index contributed by atoms with van der Waals surface area (Å²) >= 11 is 1.90. The summed E-state index contributed by atoms with van der Waals surface area (Å²) in [6.45, 7) is 0.248. The number of carbonyl (C=O) groups excluding carboxylic acids is 1. The normalized spacial score (nSPS) is 23.8. The largest absolute Gasteiger partial charge is 0.396 e. The Morgan fingerprint density at radius 1 is 1.67 bits per heavy atom. The molecule has 1 fully saturated rings. The third-order valence-corrected chi connectivity index (χ3v) is 4.38. The molecule has 2 unspecified atom stereocenters. The van der Waals surface area contributed by atoms with Gasteiger partial charge in [-0.15, -0.1) is 0 Å². The molecule has 100 valence electrons. The molecule has 0 aromatic carbocycles. The maximum atomic E-state index is 11.9. The SMILES string of the molecule is CSC1CCCC(NC(=O)Cn2cc(N)cn2)C1. The summed E-state index contributed by atoms with van der Waals surface area (Å²) in [5, 5.41) is 7.78. The molecule has 1 aliphatic carbocycles. The van der Waals surface area contributed by atoms with Crippen LogP contribution in [-0.2, 0) is 11.3 Å². The predicted octanol–water partition coefficient (Wildman–Crippen LogP) is 1.26. The van der Waals surface area contributed by atoms with Crippen LogP contribution < -0.4 is 11.1 Å². The number of anilines is 1. The Kier molecular flexibility index (Phi) is 4.52. The number of carbonyl (C=O) groups is 1. The van der Waals surface area contributed by atoms with Crippen molar-refractivity contribution in [2.45, 2.75) is 43.5 Å². The molecule has 1 aromatic rings. The first-order valence-corrected chi connectivity index (χ1v) is 7.56. The quantitative estimate of drug-likeness (QED) is 0.862. The number of hydrogen-bond acceptors (Lipinski definition) is 4. The Morgan fingerprint density at radius 2 is 2.50 bits per heavy atom. The van der Waals surface area contributed by atoms with Gasteiger partial charge in [-0.05, 0) is 25.5 Å². The average Bonchev–Trinajstić information content (AvgIpc) is 2.74. The first-order valence-electron chi connectivity index (χ1n) is 6.27. The molecule has 2 atom stereocenters. The summed E-state index contributed by atoms with van der Waals surface area (Å²) in [6, 6.07) is 0.316. The van der Waals surface area contributed by atoms with Crippen molar-refractivity contribution in [2.24, 2.45) is 0 Å². The summed E-state index contributed by atoms with van der Waals surface area (Å²) in [7, 11) is 0. The molecule has 1 aromatic heterocycles. The lowest BCUT2D eigenvalue weighted by Crippen LogP contribution is -2.40. The maximum absolute atomic E-state index is 11.9. The van der Waals surface area contributed by atoms with Crippen molar-refractivity contribution in [3.8, 4) is 0 Å². The van der Waals surface area contributed by atoms with Gasteiger partial charge >= 0.3 is 0 Å². The highest BCUT2D eigenvalue weighted by Gasteiger charge is 2.22. The Labute approximate surface area is 111 Å². The van der Waals surface area contributed by atoms with E-state index in [1.165, 1.54) is 12.8 Å². The number of nitrogens with two attached hydrogens (primary N) is 1.